The zero-order valence-corrected chi connectivity index (χ0v) is 22.0. The molecule has 0 radical (unpaired) electrons. The van der Waals surface area contributed by atoms with Crippen LogP contribution in [0.5, 0.6) is 5.75 Å². The van der Waals surface area contributed by atoms with Crippen molar-refractivity contribution >= 4 is 31.6 Å². The Bertz CT molecular complexity index is 1430. The van der Waals surface area contributed by atoms with E-state index in [1.54, 1.807) is 24.3 Å². The number of aryl methyl sites for hydroxylation is 1. The van der Waals surface area contributed by atoms with Gasteiger partial charge in [0.1, 0.15) is 12.4 Å². The molecule has 3 aromatic carbocycles. The highest BCUT2D eigenvalue weighted by atomic mass is 32.2. The Hall–Kier alpha value is -3.41. The number of amides is 1. The van der Waals surface area contributed by atoms with Crippen LogP contribution in [-0.2, 0) is 20.0 Å². The van der Waals surface area contributed by atoms with Crippen LogP contribution in [0.3, 0.4) is 0 Å². The minimum atomic E-state index is -3.73. The summed E-state index contributed by atoms with van der Waals surface area (Å²) < 4.78 is 59.8. The van der Waals surface area contributed by atoms with Crippen molar-refractivity contribution < 1.29 is 26.4 Å². The van der Waals surface area contributed by atoms with E-state index in [9.17, 15) is 21.6 Å². The molecule has 0 atom stereocenters. The van der Waals surface area contributed by atoms with Gasteiger partial charge in [-0.1, -0.05) is 17.7 Å². The molecule has 0 unspecified atom stereocenters. The molecule has 0 spiro atoms. The van der Waals surface area contributed by atoms with Gasteiger partial charge in [0.15, 0.2) is 0 Å². The lowest BCUT2D eigenvalue weighted by Gasteiger charge is -2.15. The van der Waals surface area contributed by atoms with Crippen LogP contribution in [0.2, 0.25) is 0 Å². The van der Waals surface area contributed by atoms with Gasteiger partial charge in [0, 0.05) is 24.3 Å². The quantitative estimate of drug-likeness (QED) is 0.378. The third kappa shape index (κ3) is 6.68. The summed E-state index contributed by atoms with van der Waals surface area (Å²) in [6.07, 6.45) is 1.76. The maximum Gasteiger partial charge on any atom is 0.261 e. The zero-order valence-electron chi connectivity index (χ0n) is 20.4. The number of hydrogen-bond acceptors (Lipinski definition) is 6. The number of rotatable bonds is 10. The Balaban J connectivity index is 1.24. The van der Waals surface area contributed by atoms with E-state index in [0.29, 0.717) is 30.1 Å². The van der Waals surface area contributed by atoms with Crippen molar-refractivity contribution in [2.75, 3.05) is 31.0 Å². The van der Waals surface area contributed by atoms with Gasteiger partial charge in [-0.2, -0.15) is 4.31 Å². The molecule has 196 valence electrons. The first-order valence-corrected chi connectivity index (χ1v) is 14.8. The van der Waals surface area contributed by atoms with Crippen molar-refractivity contribution in [2.24, 2.45) is 0 Å². The van der Waals surface area contributed by atoms with Gasteiger partial charge in [-0.25, -0.2) is 16.8 Å². The van der Waals surface area contributed by atoms with Crippen molar-refractivity contribution in [3.05, 3.63) is 83.9 Å². The second kappa shape index (κ2) is 11.3. The van der Waals surface area contributed by atoms with Crippen LogP contribution < -0.4 is 14.8 Å². The molecule has 4 rings (SSSR count). The molecule has 3 aromatic rings. The molecular formula is C26H29N3O6S2. The van der Waals surface area contributed by atoms with Gasteiger partial charge in [-0.3, -0.25) is 9.52 Å². The fourth-order valence-electron chi connectivity index (χ4n) is 3.84. The fraction of sp³-hybridized carbons (Fsp3) is 0.269. The zero-order chi connectivity index (χ0) is 26.5. The number of benzene rings is 3. The van der Waals surface area contributed by atoms with E-state index in [-0.39, 0.29) is 28.8 Å². The lowest BCUT2D eigenvalue weighted by Crippen LogP contribution is -2.28. The van der Waals surface area contributed by atoms with Crippen molar-refractivity contribution in [3.63, 3.8) is 0 Å². The molecule has 0 bridgehead atoms. The smallest absolute Gasteiger partial charge is 0.261 e. The highest BCUT2D eigenvalue weighted by molar-refractivity contribution is 7.92. The number of hydrogen-bond donors (Lipinski definition) is 2. The summed E-state index contributed by atoms with van der Waals surface area (Å²) in [5.74, 6) is 0.170. The first kappa shape index (κ1) is 26.6. The SMILES string of the molecule is Cc1ccc(S(=O)(=O)Nc2ccc(C(=O)NCCOc3ccc(S(=O)(=O)N4CCCC4)cc3)cc2)cc1. The van der Waals surface area contributed by atoms with E-state index in [1.165, 1.54) is 52.8 Å². The van der Waals surface area contributed by atoms with Crippen LogP contribution in [0.4, 0.5) is 5.69 Å². The minimum absolute atomic E-state index is 0.155. The number of anilines is 1. The monoisotopic (exact) mass is 543 g/mol. The molecule has 11 heteroatoms. The first-order valence-electron chi connectivity index (χ1n) is 11.9. The predicted octanol–water partition coefficient (Wildman–Crippen LogP) is 3.39. The molecule has 1 fully saturated rings. The summed E-state index contributed by atoms with van der Waals surface area (Å²) in [7, 11) is -7.19. The van der Waals surface area contributed by atoms with E-state index < -0.39 is 20.0 Å². The van der Waals surface area contributed by atoms with Gasteiger partial charge >= 0.3 is 0 Å². The number of nitrogens with zero attached hydrogens (tertiary/aromatic N) is 1. The summed E-state index contributed by atoms with van der Waals surface area (Å²) in [5, 5.41) is 2.74. The van der Waals surface area contributed by atoms with Gasteiger partial charge in [0.05, 0.1) is 16.3 Å². The van der Waals surface area contributed by atoms with E-state index in [2.05, 4.69) is 10.0 Å². The number of carbonyl (C=O) groups is 1. The van der Waals surface area contributed by atoms with Gasteiger partial charge in [-0.15, -0.1) is 0 Å². The van der Waals surface area contributed by atoms with E-state index in [0.717, 1.165) is 18.4 Å². The number of carbonyl (C=O) groups excluding carboxylic acids is 1. The third-order valence-electron chi connectivity index (χ3n) is 5.91. The molecule has 0 saturated carbocycles. The lowest BCUT2D eigenvalue weighted by atomic mass is 10.2. The minimum Gasteiger partial charge on any atom is -0.492 e. The van der Waals surface area contributed by atoms with Crippen LogP contribution in [-0.4, -0.2) is 53.3 Å². The summed E-state index contributed by atoms with van der Waals surface area (Å²) >= 11 is 0. The highest BCUT2D eigenvalue weighted by Gasteiger charge is 2.27. The molecule has 1 aliphatic heterocycles. The Labute approximate surface area is 217 Å². The second-order valence-corrected chi connectivity index (χ2v) is 12.3. The fourth-order valence-corrected chi connectivity index (χ4v) is 6.42. The van der Waals surface area contributed by atoms with E-state index >= 15 is 0 Å². The van der Waals surface area contributed by atoms with Crippen molar-refractivity contribution in [1.29, 1.82) is 0 Å². The molecule has 9 nitrogen and oxygen atoms in total. The predicted molar refractivity (Wildman–Crippen MR) is 141 cm³/mol. The van der Waals surface area contributed by atoms with Crippen LogP contribution in [0.25, 0.3) is 0 Å². The van der Waals surface area contributed by atoms with Gasteiger partial charge in [0.2, 0.25) is 10.0 Å². The van der Waals surface area contributed by atoms with Gasteiger partial charge < -0.3 is 10.1 Å². The van der Waals surface area contributed by atoms with Crippen LogP contribution in [0.15, 0.2) is 82.6 Å². The van der Waals surface area contributed by atoms with E-state index in [4.69, 9.17) is 4.74 Å². The maximum atomic E-state index is 12.6. The third-order valence-corrected chi connectivity index (χ3v) is 9.22. The van der Waals surface area contributed by atoms with Gasteiger partial charge in [0.25, 0.3) is 15.9 Å². The number of sulfonamides is 2. The average Bonchev–Trinajstić information content (AvgIpc) is 3.43. The van der Waals surface area contributed by atoms with Crippen LogP contribution >= 0.6 is 0 Å². The molecule has 1 saturated heterocycles. The highest BCUT2D eigenvalue weighted by Crippen LogP contribution is 2.23. The molecule has 37 heavy (non-hydrogen) atoms. The maximum absolute atomic E-state index is 12.6. The van der Waals surface area contributed by atoms with Crippen molar-refractivity contribution in [1.82, 2.24) is 9.62 Å². The largest absolute Gasteiger partial charge is 0.492 e. The first-order chi connectivity index (χ1) is 17.6. The van der Waals surface area contributed by atoms with Gasteiger partial charge in [-0.05, 0) is 80.4 Å². The summed E-state index contributed by atoms with van der Waals surface area (Å²) in [5.41, 5.74) is 1.67. The average molecular weight is 544 g/mol. The molecule has 2 N–H and O–H groups in total. The lowest BCUT2D eigenvalue weighted by molar-refractivity contribution is 0.0947. The standard InChI is InChI=1S/C26H29N3O6S2/c1-20-4-12-24(13-5-20)36(31,32)28-22-8-6-21(7-9-22)26(30)27-16-19-35-23-10-14-25(15-11-23)37(33,34)29-17-2-3-18-29/h4-15,28H,2-3,16-19H2,1H3,(H,27,30). The molecule has 0 aromatic heterocycles. The summed E-state index contributed by atoms with van der Waals surface area (Å²) in [6, 6.07) is 18.9. The number of ether oxygens (including phenoxy) is 1. The summed E-state index contributed by atoms with van der Waals surface area (Å²) in [6.45, 7) is 3.40. The van der Waals surface area contributed by atoms with Crippen LogP contribution in [0.1, 0.15) is 28.8 Å². The van der Waals surface area contributed by atoms with Crippen LogP contribution in [0, 0.1) is 6.92 Å². The summed E-state index contributed by atoms with van der Waals surface area (Å²) in [4.78, 5) is 12.8. The molecule has 1 amide bonds. The van der Waals surface area contributed by atoms with E-state index in [1.807, 2.05) is 6.92 Å². The molecule has 1 heterocycles. The normalized spacial score (nSPS) is 14.3. The van der Waals surface area contributed by atoms with Crippen molar-refractivity contribution in [2.45, 2.75) is 29.6 Å². The Morgan fingerprint density at radius 2 is 1.43 bits per heavy atom. The Morgan fingerprint density at radius 3 is 2.05 bits per heavy atom. The topological polar surface area (TPSA) is 122 Å². The molecule has 0 aliphatic carbocycles. The Morgan fingerprint density at radius 1 is 0.838 bits per heavy atom. The second-order valence-electron chi connectivity index (χ2n) is 8.68. The molecular weight excluding hydrogens is 514 g/mol. The Kier molecular flexibility index (Phi) is 8.16. The number of nitrogens with one attached hydrogen (secondary N) is 2. The molecule has 1 aliphatic rings. The van der Waals surface area contributed by atoms with Crippen molar-refractivity contribution in [3.8, 4) is 5.75 Å².